The summed E-state index contributed by atoms with van der Waals surface area (Å²) >= 11 is 0. The first-order chi connectivity index (χ1) is 7.87. The molecule has 2 nitrogen and oxygen atoms in total. The fraction of sp³-hybridized carbons (Fsp3) is 1.00. The second-order valence-corrected chi connectivity index (χ2v) is 7.27. The van der Waals surface area contributed by atoms with E-state index in [1.54, 1.807) is 0 Å². The molecule has 3 N–H and O–H groups in total. The van der Waals surface area contributed by atoms with E-state index in [1.807, 2.05) is 0 Å². The lowest BCUT2D eigenvalue weighted by Crippen LogP contribution is -2.61. The van der Waals surface area contributed by atoms with Crippen LogP contribution in [0.2, 0.25) is 0 Å². The van der Waals surface area contributed by atoms with E-state index in [0.29, 0.717) is 5.41 Å². The van der Waals surface area contributed by atoms with Crippen LogP contribution in [0.1, 0.15) is 78.1 Å². The van der Waals surface area contributed by atoms with Crippen molar-refractivity contribution in [2.75, 3.05) is 0 Å². The summed E-state index contributed by atoms with van der Waals surface area (Å²) in [5, 5.41) is 11.0. The third-order valence-corrected chi connectivity index (χ3v) is 5.33. The van der Waals surface area contributed by atoms with Gasteiger partial charge in [-0.15, -0.1) is 0 Å². The van der Waals surface area contributed by atoms with Gasteiger partial charge in [0.2, 0.25) is 0 Å². The molecule has 0 heterocycles. The molecule has 2 saturated carbocycles. The minimum Gasteiger partial charge on any atom is -0.388 e. The Hall–Kier alpha value is -0.0800. The van der Waals surface area contributed by atoms with Gasteiger partial charge in [-0.25, -0.2) is 0 Å². The van der Waals surface area contributed by atoms with Gasteiger partial charge < -0.3 is 10.8 Å². The highest BCUT2D eigenvalue weighted by atomic mass is 16.3. The summed E-state index contributed by atoms with van der Waals surface area (Å²) in [7, 11) is 0. The van der Waals surface area contributed by atoms with Gasteiger partial charge in [0, 0.05) is 5.54 Å². The highest BCUT2D eigenvalue weighted by Gasteiger charge is 2.48. The maximum Gasteiger partial charge on any atom is 0.0826 e. The Balaban J connectivity index is 2.12. The van der Waals surface area contributed by atoms with Crippen LogP contribution in [0.5, 0.6) is 0 Å². The van der Waals surface area contributed by atoms with Gasteiger partial charge in [-0.3, -0.25) is 0 Å². The van der Waals surface area contributed by atoms with Gasteiger partial charge in [-0.2, -0.15) is 0 Å². The molecule has 0 saturated heterocycles. The van der Waals surface area contributed by atoms with Crippen molar-refractivity contribution in [1.82, 2.24) is 0 Å². The molecule has 0 aromatic carbocycles. The van der Waals surface area contributed by atoms with Gasteiger partial charge in [0.25, 0.3) is 0 Å². The summed E-state index contributed by atoms with van der Waals surface area (Å²) in [6, 6.07) is 0. The summed E-state index contributed by atoms with van der Waals surface area (Å²) in [6.45, 7) is 4.64. The third-order valence-electron chi connectivity index (χ3n) is 5.33. The fourth-order valence-corrected chi connectivity index (χ4v) is 3.80. The lowest BCUT2D eigenvalue weighted by atomic mass is 9.67. The molecule has 2 aliphatic rings. The molecule has 17 heavy (non-hydrogen) atoms. The summed E-state index contributed by atoms with van der Waals surface area (Å²) in [4.78, 5) is 0. The molecule has 0 spiro atoms. The molecule has 0 amide bonds. The maximum absolute atomic E-state index is 11.0. The molecule has 0 aromatic heterocycles. The van der Waals surface area contributed by atoms with Crippen molar-refractivity contribution < 1.29 is 5.11 Å². The molecule has 0 bridgehead atoms. The fourth-order valence-electron chi connectivity index (χ4n) is 3.80. The summed E-state index contributed by atoms with van der Waals surface area (Å²) in [5.74, 6) is 0. The van der Waals surface area contributed by atoms with E-state index in [-0.39, 0.29) is 5.54 Å². The summed E-state index contributed by atoms with van der Waals surface area (Å²) in [5.41, 5.74) is 6.06. The Kier molecular flexibility index (Phi) is 3.57. The van der Waals surface area contributed by atoms with Crippen LogP contribution in [0.25, 0.3) is 0 Å². The van der Waals surface area contributed by atoms with E-state index in [4.69, 9.17) is 5.73 Å². The lowest BCUT2D eigenvalue weighted by Gasteiger charge is -2.47. The van der Waals surface area contributed by atoms with Crippen LogP contribution >= 0.6 is 0 Å². The minimum absolute atomic E-state index is 0.300. The van der Waals surface area contributed by atoms with Crippen molar-refractivity contribution in [3.8, 4) is 0 Å². The zero-order valence-electron chi connectivity index (χ0n) is 11.6. The van der Waals surface area contributed by atoms with E-state index in [9.17, 15) is 5.11 Å². The average molecular weight is 239 g/mol. The smallest absolute Gasteiger partial charge is 0.0826 e. The number of hydrogen-bond donors (Lipinski definition) is 2. The van der Waals surface area contributed by atoms with Gasteiger partial charge in [0.05, 0.1) is 5.60 Å². The Morgan fingerprint density at radius 2 is 1.41 bits per heavy atom. The Bertz CT molecular complexity index is 268. The molecular weight excluding hydrogens is 210 g/mol. The van der Waals surface area contributed by atoms with Crippen molar-refractivity contribution in [1.29, 1.82) is 0 Å². The largest absolute Gasteiger partial charge is 0.388 e. The molecular formula is C15H29NO. The van der Waals surface area contributed by atoms with Crippen LogP contribution in [0.3, 0.4) is 0 Å². The zero-order valence-corrected chi connectivity index (χ0v) is 11.6. The van der Waals surface area contributed by atoms with E-state index >= 15 is 0 Å². The Morgan fingerprint density at radius 1 is 0.765 bits per heavy atom. The number of nitrogens with two attached hydrogens (primary N) is 1. The first-order valence-corrected chi connectivity index (χ1v) is 7.38. The zero-order chi connectivity index (χ0) is 12.6. The molecule has 2 aliphatic carbocycles. The van der Waals surface area contributed by atoms with Gasteiger partial charge in [-0.1, -0.05) is 33.1 Å². The number of rotatable bonds is 1. The SMILES string of the molecule is CC1(C)CCCC(O)(C2(N)CCCCC2)CC1. The second-order valence-electron chi connectivity index (χ2n) is 7.27. The molecule has 100 valence electrons. The highest BCUT2D eigenvalue weighted by molar-refractivity contribution is 5.06. The normalized spacial score (nSPS) is 37.4. The van der Waals surface area contributed by atoms with Gasteiger partial charge >= 0.3 is 0 Å². The van der Waals surface area contributed by atoms with E-state index in [1.165, 1.54) is 25.7 Å². The van der Waals surface area contributed by atoms with Crippen LogP contribution in [0.15, 0.2) is 0 Å². The van der Waals surface area contributed by atoms with Gasteiger partial charge in [-0.05, 0) is 50.4 Å². The summed E-state index contributed by atoms with van der Waals surface area (Å²) < 4.78 is 0. The first-order valence-electron chi connectivity index (χ1n) is 7.38. The molecule has 1 atom stereocenters. The topological polar surface area (TPSA) is 46.2 Å². The van der Waals surface area contributed by atoms with E-state index < -0.39 is 5.60 Å². The van der Waals surface area contributed by atoms with Crippen LogP contribution < -0.4 is 5.73 Å². The predicted molar refractivity (Wildman–Crippen MR) is 71.8 cm³/mol. The molecule has 2 rings (SSSR count). The van der Waals surface area contributed by atoms with Gasteiger partial charge in [0.15, 0.2) is 0 Å². The number of aliphatic hydroxyl groups is 1. The minimum atomic E-state index is -0.596. The molecule has 2 heteroatoms. The van der Waals surface area contributed by atoms with Crippen LogP contribution in [-0.2, 0) is 0 Å². The standard InChI is InChI=1S/C15H29NO/c1-13(2)7-6-10-15(17,12-11-13)14(16)8-4-3-5-9-14/h17H,3-12,16H2,1-2H3. The average Bonchev–Trinajstić information content (AvgIpc) is 2.40. The van der Waals surface area contributed by atoms with Gasteiger partial charge in [0.1, 0.15) is 0 Å². The molecule has 0 aliphatic heterocycles. The van der Waals surface area contributed by atoms with E-state index in [0.717, 1.165) is 38.5 Å². The highest BCUT2D eigenvalue weighted by Crippen LogP contribution is 2.46. The Labute approximate surface area is 106 Å². The lowest BCUT2D eigenvalue weighted by molar-refractivity contribution is -0.0646. The maximum atomic E-state index is 11.0. The van der Waals surface area contributed by atoms with Crippen LogP contribution in [-0.4, -0.2) is 16.2 Å². The van der Waals surface area contributed by atoms with Crippen molar-refractivity contribution in [3.63, 3.8) is 0 Å². The monoisotopic (exact) mass is 239 g/mol. The predicted octanol–water partition coefficient (Wildman–Crippen LogP) is 3.37. The number of hydrogen-bond acceptors (Lipinski definition) is 2. The first kappa shape index (κ1) is 13.4. The van der Waals surface area contributed by atoms with Crippen LogP contribution in [0, 0.1) is 5.41 Å². The third kappa shape index (κ3) is 2.68. The summed E-state index contributed by atoms with van der Waals surface area (Å²) in [6.07, 6.45) is 11.0. The van der Waals surface area contributed by atoms with Crippen molar-refractivity contribution in [2.45, 2.75) is 89.2 Å². The van der Waals surface area contributed by atoms with Crippen LogP contribution in [0.4, 0.5) is 0 Å². The van der Waals surface area contributed by atoms with Crippen molar-refractivity contribution >= 4 is 0 Å². The Morgan fingerprint density at radius 3 is 2.06 bits per heavy atom. The van der Waals surface area contributed by atoms with E-state index in [2.05, 4.69) is 13.8 Å². The van der Waals surface area contributed by atoms with Crippen molar-refractivity contribution in [2.24, 2.45) is 11.1 Å². The molecule has 1 unspecified atom stereocenters. The quantitative estimate of drug-likeness (QED) is 0.689. The second kappa shape index (κ2) is 4.55. The molecule has 2 fully saturated rings. The molecule has 0 radical (unpaired) electrons. The molecule has 0 aromatic rings. The van der Waals surface area contributed by atoms with Crippen molar-refractivity contribution in [3.05, 3.63) is 0 Å².